The van der Waals surface area contributed by atoms with Gasteiger partial charge in [0.15, 0.2) is 5.82 Å². The molecule has 4 rings (SSSR count). The van der Waals surface area contributed by atoms with Crippen molar-refractivity contribution in [3.8, 4) is 5.75 Å². The largest absolute Gasteiger partial charge is 0.496 e. The van der Waals surface area contributed by atoms with Crippen molar-refractivity contribution in [3.05, 3.63) is 35.7 Å². The van der Waals surface area contributed by atoms with Crippen LogP contribution in [0.25, 0.3) is 0 Å². The van der Waals surface area contributed by atoms with Crippen LogP contribution in [-0.4, -0.2) is 63.3 Å². The van der Waals surface area contributed by atoms with E-state index < -0.39 is 0 Å². The van der Waals surface area contributed by atoms with Gasteiger partial charge in [-0.2, -0.15) is 0 Å². The first kappa shape index (κ1) is 22.0. The average molecular weight is 421 g/mol. The van der Waals surface area contributed by atoms with Crippen molar-refractivity contribution in [2.75, 3.05) is 33.3 Å². The topological polar surface area (TPSA) is 59.3 Å². The minimum Gasteiger partial charge on any atom is -0.496 e. The first-order valence-electron chi connectivity index (χ1n) is 10.7. The molecule has 0 amide bonds. The van der Waals surface area contributed by atoms with E-state index in [-0.39, 0.29) is 12.4 Å². The molecule has 2 aliphatic rings. The summed E-state index contributed by atoms with van der Waals surface area (Å²) < 4.78 is 7.64. The highest BCUT2D eigenvalue weighted by atomic mass is 35.5. The van der Waals surface area contributed by atoms with Gasteiger partial charge in [0, 0.05) is 38.3 Å². The Balaban J connectivity index is 0.00000240. The lowest BCUT2D eigenvalue weighted by Crippen LogP contribution is -2.47. The zero-order valence-electron chi connectivity index (χ0n) is 17.5. The van der Waals surface area contributed by atoms with Gasteiger partial charge in [-0.3, -0.25) is 9.80 Å². The summed E-state index contributed by atoms with van der Waals surface area (Å²) in [5, 5.41) is 12.8. The first-order chi connectivity index (χ1) is 13.8. The second-order valence-electron chi connectivity index (χ2n) is 7.97. The van der Waals surface area contributed by atoms with Gasteiger partial charge in [-0.15, -0.1) is 17.5 Å². The van der Waals surface area contributed by atoms with E-state index in [2.05, 4.69) is 49.1 Å². The molecule has 1 aromatic heterocycles. The third-order valence-electron chi connectivity index (χ3n) is 6.31. The summed E-state index contributed by atoms with van der Waals surface area (Å²) in [6.45, 7) is 7.39. The number of hydrogen-bond donors (Lipinski definition) is 0. The molecule has 0 bridgehead atoms. The van der Waals surface area contributed by atoms with Crippen LogP contribution in [0.15, 0.2) is 24.3 Å². The van der Waals surface area contributed by atoms with Crippen LogP contribution >= 0.6 is 12.4 Å². The lowest BCUT2D eigenvalue weighted by molar-refractivity contribution is 0.0829. The maximum Gasteiger partial charge on any atom is 0.168 e. The van der Waals surface area contributed by atoms with Gasteiger partial charge in [0.25, 0.3) is 0 Å². The molecular formula is C21H33ClN6O. The van der Waals surface area contributed by atoms with Crippen molar-refractivity contribution in [1.29, 1.82) is 0 Å². The van der Waals surface area contributed by atoms with E-state index in [1.165, 1.54) is 31.2 Å². The van der Waals surface area contributed by atoms with E-state index in [1.54, 1.807) is 7.11 Å². The number of piperazine rings is 1. The van der Waals surface area contributed by atoms with E-state index >= 15 is 0 Å². The van der Waals surface area contributed by atoms with E-state index in [0.29, 0.717) is 12.1 Å². The molecule has 1 aliphatic carbocycles. The van der Waals surface area contributed by atoms with Gasteiger partial charge in [-0.1, -0.05) is 38.0 Å². The van der Waals surface area contributed by atoms with Crippen LogP contribution in [0.5, 0.6) is 5.75 Å². The number of nitrogens with zero attached hydrogens (tertiary/aromatic N) is 6. The standard InChI is InChI=1S/C21H32N6O.ClH/c1-3-19(21-22-23-24-27(21)18-9-5-6-10-18)26-14-12-25(13-15-26)16-17-8-4-7-11-20(17)28-2;/h4,7-8,11,18-19H,3,5-6,9-10,12-16H2,1-2H3;1H. The van der Waals surface area contributed by atoms with Crippen molar-refractivity contribution < 1.29 is 4.74 Å². The number of benzene rings is 1. The normalized spacial score (nSPS) is 19.8. The number of rotatable bonds is 7. The fourth-order valence-corrected chi connectivity index (χ4v) is 4.74. The molecule has 2 heterocycles. The highest BCUT2D eigenvalue weighted by molar-refractivity contribution is 5.85. The Kier molecular flexibility index (Phi) is 7.86. The summed E-state index contributed by atoms with van der Waals surface area (Å²) in [6, 6.07) is 9.12. The number of tetrazole rings is 1. The van der Waals surface area contributed by atoms with Gasteiger partial charge in [-0.05, 0) is 35.8 Å². The number of ether oxygens (including phenoxy) is 1. The Morgan fingerprint density at radius 1 is 1.10 bits per heavy atom. The van der Waals surface area contributed by atoms with Crippen LogP contribution in [0, 0.1) is 0 Å². The molecule has 0 radical (unpaired) electrons. The molecule has 160 valence electrons. The molecule has 0 N–H and O–H groups in total. The summed E-state index contributed by atoms with van der Waals surface area (Å²) in [4.78, 5) is 5.08. The second-order valence-corrected chi connectivity index (χ2v) is 7.97. The van der Waals surface area contributed by atoms with Crippen LogP contribution in [-0.2, 0) is 6.54 Å². The van der Waals surface area contributed by atoms with E-state index in [4.69, 9.17) is 4.74 Å². The zero-order chi connectivity index (χ0) is 19.3. The maximum atomic E-state index is 5.51. The zero-order valence-corrected chi connectivity index (χ0v) is 18.4. The Bertz CT molecular complexity index is 755. The van der Waals surface area contributed by atoms with Crippen molar-refractivity contribution in [1.82, 2.24) is 30.0 Å². The van der Waals surface area contributed by atoms with Crippen molar-refractivity contribution in [2.45, 2.75) is 57.7 Å². The molecule has 7 nitrogen and oxygen atoms in total. The monoisotopic (exact) mass is 420 g/mol. The van der Waals surface area contributed by atoms with E-state index in [9.17, 15) is 0 Å². The molecule has 1 aliphatic heterocycles. The van der Waals surface area contributed by atoms with Crippen LogP contribution in [0.3, 0.4) is 0 Å². The van der Waals surface area contributed by atoms with Gasteiger partial charge < -0.3 is 4.74 Å². The van der Waals surface area contributed by atoms with E-state index in [0.717, 1.165) is 50.7 Å². The van der Waals surface area contributed by atoms with Gasteiger partial charge in [0.05, 0.1) is 19.2 Å². The number of aromatic nitrogens is 4. The molecular weight excluding hydrogens is 388 g/mol. The fourth-order valence-electron chi connectivity index (χ4n) is 4.74. The molecule has 0 spiro atoms. The average Bonchev–Trinajstić information content (AvgIpc) is 3.42. The molecule has 1 atom stereocenters. The number of para-hydroxylation sites is 1. The smallest absolute Gasteiger partial charge is 0.168 e. The summed E-state index contributed by atoms with van der Waals surface area (Å²) in [5.74, 6) is 2.04. The third kappa shape index (κ3) is 4.90. The van der Waals surface area contributed by atoms with Crippen molar-refractivity contribution in [3.63, 3.8) is 0 Å². The first-order valence-corrected chi connectivity index (χ1v) is 10.7. The molecule has 29 heavy (non-hydrogen) atoms. The van der Waals surface area contributed by atoms with Crippen LogP contribution < -0.4 is 4.74 Å². The minimum atomic E-state index is 0. The fraction of sp³-hybridized carbons (Fsp3) is 0.667. The highest BCUT2D eigenvalue weighted by Gasteiger charge is 2.30. The van der Waals surface area contributed by atoms with Crippen LogP contribution in [0.4, 0.5) is 0 Å². The number of halogens is 1. The van der Waals surface area contributed by atoms with E-state index in [1.807, 2.05) is 12.1 Å². The molecule has 1 saturated heterocycles. The van der Waals surface area contributed by atoms with Gasteiger partial charge in [0.1, 0.15) is 5.75 Å². The highest BCUT2D eigenvalue weighted by Crippen LogP contribution is 2.32. The molecule has 2 fully saturated rings. The lowest BCUT2D eigenvalue weighted by Gasteiger charge is -2.38. The number of hydrogen-bond acceptors (Lipinski definition) is 6. The van der Waals surface area contributed by atoms with Gasteiger partial charge in [-0.25, -0.2) is 4.68 Å². The predicted molar refractivity (Wildman–Crippen MR) is 115 cm³/mol. The van der Waals surface area contributed by atoms with Gasteiger partial charge in [0.2, 0.25) is 0 Å². The van der Waals surface area contributed by atoms with Crippen LogP contribution in [0.2, 0.25) is 0 Å². The van der Waals surface area contributed by atoms with Crippen molar-refractivity contribution >= 4 is 12.4 Å². The maximum absolute atomic E-state index is 5.51. The summed E-state index contributed by atoms with van der Waals surface area (Å²) in [5.41, 5.74) is 1.26. The predicted octanol–water partition coefficient (Wildman–Crippen LogP) is 3.49. The molecule has 1 saturated carbocycles. The van der Waals surface area contributed by atoms with Crippen LogP contribution in [0.1, 0.15) is 62.5 Å². The third-order valence-corrected chi connectivity index (χ3v) is 6.31. The number of methoxy groups -OCH3 is 1. The molecule has 1 aromatic carbocycles. The summed E-state index contributed by atoms with van der Waals surface area (Å²) in [6.07, 6.45) is 6.05. The Labute approximate surface area is 179 Å². The quantitative estimate of drug-likeness (QED) is 0.683. The Hall–Kier alpha value is -1.70. The summed E-state index contributed by atoms with van der Waals surface area (Å²) in [7, 11) is 1.75. The molecule has 2 aromatic rings. The van der Waals surface area contributed by atoms with Crippen molar-refractivity contribution in [2.24, 2.45) is 0 Å². The minimum absolute atomic E-state index is 0. The molecule has 1 unspecified atom stereocenters. The Morgan fingerprint density at radius 2 is 1.83 bits per heavy atom. The van der Waals surface area contributed by atoms with Gasteiger partial charge >= 0.3 is 0 Å². The lowest BCUT2D eigenvalue weighted by atomic mass is 10.1. The molecule has 8 heteroatoms. The SMILES string of the molecule is CCC(c1nnnn1C1CCCC1)N1CCN(Cc2ccccc2OC)CC1.Cl. The second kappa shape index (κ2) is 10.4. The summed E-state index contributed by atoms with van der Waals surface area (Å²) >= 11 is 0. The Morgan fingerprint density at radius 3 is 2.52 bits per heavy atom.